The van der Waals surface area contributed by atoms with E-state index < -0.39 is 0 Å². The largest absolute Gasteiger partial charge is 0.348 e. The summed E-state index contributed by atoms with van der Waals surface area (Å²) < 4.78 is 11.2. The summed E-state index contributed by atoms with van der Waals surface area (Å²) in [5, 5.41) is 3.61. The number of nitrogens with zero attached hydrogens (tertiary/aromatic N) is 1. The van der Waals surface area contributed by atoms with Gasteiger partial charge < -0.3 is 19.7 Å². The smallest absolute Gasteiger partial charge is 0.166 e. The SMILES string of the molecule is CN1CCC(NCCC2(C)OCCO2)CC1. The third kappa shape index (κ3) is 3.42. The molecule has 2 heterocycles. The molecule has 2 aliphatic heterocycles. The number of piperidine rings is 1. The molecule has 0 radical (unpaired) electrons. The summed E-state index contributed by atoms with van der Waals surface area (Å²) >= 11 is 0. The van der Waals surface area contributed by atoms with Crippen molar-refractivity contribution in [2.45, 2.75) is 38.0 Å². The van der Waals surface area contributed by atoms with E-state index in [2.05, 4.69) is 17.3 Å². The minimum absolute atomic E-state index is 0.335. The van der Waals surface area contributed by atoms with Gasteiger partial charge in [-0.3, -0.25) is 0 Å². The molecule has 16 heavy (non-hydrogen) atoms. The average Bonchev–Trinajstić information content (AvgIpc) is 2.69. The molecule has 2 aliphatic rings. The van der Waals surface area contributed by atoms with Crippen LogP contribution in [0.5, 0.6) is 0 Å². The topological polar surface area (TPSA) is 33.7 Å². The number of likely N-dealkylation sites (tertiary alicyclic amines) is 1. The van der Waals surface area contributed by atoms with Crippen LogP contribution in [0.1, 0.15) is 26.2 Å². The number of hydrogen-bond acceptors (Lipinski definition) is 4. The summed E-state index contributed by atoms with van der Waals surface area (Å²) in [6.45, 7) is 6.93. The zero-order valence-corrected chi connectivity index (χ0v) is 10.5. The van der Waals surface area contributed by atoms with Crippen molar-refractivity contribution in [2.24, 2.45) is 0 Å². The summed E-state index contributed by atoms with van der Waals surface area (Å²) in [5.41, 5.74) is 0. The van der Waals surface area contributed by atoms with Gasteiger partial charge in [0.1, 0.15) is 0 Å². The molecule has 0 aromatic rings. The Balaban J connectivity index is 1.61. The maximum Gasteiger partial charge on any atom is 0.166 e. The second-order valence-corrected chi connectivity index (χ2v) is 5.11. The molecular weight excluding hydrogens is 204 g/mol. The van der Waals surface area contributed by atoms with E-state index in [4.69, 9.17) is 9.47 Å². The number of ether oxygens (including phenoxy) is 2. The van der Waals surface area contributed by atoms with Crippen LogP contribution in [-0.2, 0) is 9.47 Å². The first kappa shape index (κ1) is 12.3. The minimum Gasteiger partial charge on any atom is -0.348 e. The molecule has 0 aromatic carbocycles. The lowest BCUT2D eigenvalue weighted by Crippen LogP contribution is -2.42. The van der Waals surface area contributed by atoms with Gasteiger partial charge in [0, 0.05) is 19.0 Å². The van der Waals surface area contributed by atoms with Gasteiger partial charge in [-0.15, -0.1) is 0 Å². The van der Waals surface area contributed by atoms with E-state index in [1.54, 1.807) is 0 Å². The lowest BCUT2D eigenvalue weighted by atomic mass is 10.1. The Kier molecular flexibility index (Phi) is 4.19. The van der Waals surface area contributed by atoms with Crippen LogP contribution in [0.25, 0.3) is 0 Å². The molecule has 0 amide bonds. The Bertz CT molecular complexity index is 209. The molecule has 2 fully saturated rings. The molecule has 0 saturated carbocycles. The molecule has 4 nitrogen and oxygen atoms in total. The van der Waals surface area contributed by atoms with E-state index in [-0.39, 0.29) is 5.79 Å². The second kappa shape index (κ2) is 5.45. The normalized spacial score (nSPS) is 27.4. The molecule has 2 saturated heterocycles. The van der Waals surface area contributed by atoms with E-state index >= 15 is 0 Å². The maximum atomic E-state index is 5.58. The van der Waals surface area contributed by atoms with Crippen LogP contribution >= 0.6 is 0 Å². The fourth-order valence-electron chi connectivity index (χ4n) is 2.42. The van der Waals surface area contributed by atoms with Crippen LogP contribution in [-0.4, -0.2) is 56.6 Å². The van der Waals surface area contributed by atoms with Crippen LogP contribution in [0.3, 0.4) is 0 Å². The second-order valence-electron chi connectivity index (χ2n) is 5.11. The summed E-state index contributed by atoms with van der Waals surface area (Å²) in [6.07, 6.45) is 3.46. The molecule has 4 heteroatoms. The van der Waals surface area contributed by atoms with Crippen molar-refractivity contribution >= 4 is 0 Å². The molecule has 0 aromatic heterocycles. The van der Waals surface area contributed by atoms with Crippen molar-refractivity contribution in [1.82, 2.24) is 10.2 Å². The Morgan fingerprint density at radius 3 is 2.50 bits per heavy atom. The fourth-order valence-corrected chi connectivity index (χ4v) is 2.42. The highest BCUT2D eigenvalue weighted by molar-refractivity contribution is 4.77. The first-order chi connectivity index (χ1) is 7.68. The lowest BCUT2D eigenvalue weighted by molar-refractivity contribution is -0.145. The van der Waals surface area contributed by atoms with E-state index in [9.17, 15) is 0 Å². The molecule has 1 N–H and O–H groups in total. The van der Waals surface area contributed by atoms with Crippen LogP contribution in [0.15, 0.2) is 0 Å². The van der Waals surface area contributed by atoms with Gasteiger partial charge in [-0.25, -0.2) is 0 Å². The summed E-state index contributed by atoms with van der Waals surface area (Å²) in [7, 11) is 2.19. The Morgan fingerprint density at radius 2 is 1.88 bits per heavy atom. The van der Waals surface area contributed by atoms with Crippen LogP contribution in [0.4, 0.5) is 0 Å². The van der Waals surface area contributed by atoms with Crippen LogP contribution in [0, 0.1) is 0 Å². The molecule has 0 bridgehead atoms. The highest BCUT2D eigenvalue weighted by Gasteiger charge is 2.30. The standard InChI is InChI=1S/C12H24N2O2/c1-12(15-9-10-16-12)5-6-13-11-3-7-14(2)8-4-11/h11,13H,3-10H2,1-2H3. The van der Waals surface area contributed by atoms with Crippen molar-refractivity contribution in [3.8, 4) is 0 Å². The first-order valence-corrected chi connectivity index (χ1v) is 6.38. The average molecular weight is 228 g/mol. The molecule has 0 atom stereocenters. The van der Waals surface area contributed by atoms with E-state index in [0.717, 1.165) is 26.2 Å². The van der Waals surface area contributed by atoms with Gasteiger partial charge in [0.25, 0.3) is 0 Å². The van der Waals surface area contributed by atoms with Gasteiger partial charge in [0.05, 0.1) is 13.2 Å². The van der Waals surface area contributed by atoms with E-state index in [1.807, 2.05) is 6.92 Å². The van der Waals surface area contributed by atoms with Crippen LogP contribution in [0.2, 0.25) is 0 Å². The predicted molar refractivity (Wildman–Crippen MR) is 63.4 cm³/mol. The van der Waals surface area contributed by atoms with Crippen molar-refractivity contribution in [3.63, 3.8) is 0 Å². The summed E-state index contributed by atoms with van der Waals surface area (Å²) in [6, 6.07) is 0.682. The molecule has 94 valence electrons. The zero-order chi connectivity index (χ0) is 11.4. The van der Waals surface area contributed by atoms with Gasteiger partial charge in [0.2, 0.25) is 0 Å². The van der Waals surface area contributed by atoms with E-state index in [0.29, 0.717) is 6.04 Å². The molecular formula is C12H24N2O2. The van der Waals surface area contributed by atoms with Crippen molar-refractivity contribution in [2.75, 3.05) is 39.9 Å². The zero-order valence-electron chi connectivity index (χ0n) is 10.5. The Hall–Kier alpha value is -0.160. The maximum absolute atomic E-state index is 5.58. The highest BCUT2D eigenvalue weighted by Crippen LogP contribution is 2.22. The molecule has 0 unspecified atom stereocenters. The van der Waals surface area contributed by atoms with Gasteiger partial charge in [-0.05, 0) is 39.9 Å². The quantitative estimate of drug-likeness (QED) is 0.772. The molecule has 2 rings (SSSR count). The third-order valence-corrected chi connectivity index (χ3v) is 3.63. The van der Waals surface area contributed by atoms with E-state index in [1.165, 1.54) is 25.9 Å². The van der Waals surface area contributed by atoms with Crippen molar-refractivity contribution in [1.29, 1.82) is 0 Å². The molecule has 0 spiro atoms. The number of nitrogens with one attached hydrogen (secondary N) is 1. The fraction of sp³-hybridized carbons (Fsp3) is 1.00. The Labute approximate surface area is 98.3 Å². The van der Waals surface area contributed by atoms with Crippen molar-refractivity contribution in [3.05, 3.63) is 0 Å². The highest BCUT2D eigenvalue weighted by atomic mass is 16.7. The predicted octanol–water partition coefficient (Wildman–Crippen LogP) is 0.823. The van der Waals surface area contributed by atoms with Crippen LogP contribution < -0.4 is 5.32 Å². The summed E-state index contributed by atoms with van der Waals surface area (Å²) in [5.74, 6) is -0.335. The first-order valence-electron chi connectivity index (χ1n) is 6.38. The number of rotatable bonds is 4. The monoisotopic (exact) mass is 228 g/mol. The number of hydrogen-bond donors (Lipinski definition) is 1. The van der Waals surface area contributed by atoms with Gasteiger partial charge in [-0.1, -0.05) is 0 Å². The lowest BCUT2D eigenvalue weighted by Gasteiger charge is -2.30. The third-order valence-electron chi connectivity index (χ3n) is 3.63. The molecule has 0 aliphatic carbocycles. The minimum atomic E-state index is -0.335. The van der Waals surface area contributed by atoms with Gasteiger partial charge in [-0.2, -0.15) is 0 Å². The Morgan fingerprint density at radius 1 is 1.25 bits per heavy atom. The summed E-state index contributed by atoms with van der Waals surface area (Å²) in [4.78, 5) is 2.39. The van der Waals surface area contributed by atoms with Gasteiger partial charge in [0.15, 0.2) is 5.79 Å². The van der Waals surface area contributed by atoms with Gasteiger partial charge >= 0.3 is 0 Å². The van der Waals surface area contributed by atoms with Crippen molar-refractivity contribution < 1.29 is 9.47 Å².